The van der Waals surface area contributed by atoms with Crippen LogP contribution >= 0.6 is 0 Å². The standard InChI is InChI=1S/C32H38N2O6/c1-21-29(19-34(4)18-24-8-6-5-7-9-24)39-32(40-30(21)26-12-10-25(20-35)11-13-26)27-14-16-28(17-15-27)33-31(37)22(2)38-23(3)36/h5-17,21-22,29-30,32,35H,18-20H2,1-4H3,(H,33,37)/t21-,22+,29+,30+,32+/m1/s1. The van der Waals surface area contributed by atoms with Crippen LogP contribution in [0.5, 0.6) is 0 Å². The number of ether oxygens (including phenoxy) is 3. The molecule has 0 saturated carbocycles. The average Bonchev–Trinajstić information content (AvgIpc) is 2.95. The van der Waals surface area contributed by atoms with Crippen LogP contribution in [0.2, 0.25) is 0 Å². The highest BCUT2D eigenvalue weighted by Crippen LogP contribution is 2.42. The fraction of sp³-hybridized carbons (Fsp3) is 0.375. The zero-order chi connectivity index (χ0) is 28.6. The number of nitrogens with one attached hydrogen (secondary N) is 1. The Balaban J connectivity index is 1.51. The van der Waals surface area contributed by atoms with Gasteiger partial charge in [0.25, 0.3) is 5.91 Å². The Bertz CT molecular complexity index is 1250. The van der Waals surface area contributed by atoms with Crippen molar-refractivity contribution in [2.45, 2.75) is 58.5 Å². The van der Waals surface area contributed by atoms with E-state index in [-0.39, 0.29) is 24.7 Å². The molecule has 1 aliphatic heterocycles. The number of aliphatic hydroxyl groups is 1. The topological polar surface area (TPSA) is 97.3 Å². The van der Waals surface area contributed by atoms with E-state index in [0.29, 0.717) is 12.2 Å². The number of esters is 1. The van der Waals surface area contributed by atoms with Crippen LogP contribution in [0.4, 0.5) is 5.69 Å². The lowest BCUT2D eigenvalue weighted by Gasteiger charge is -2.42. The second-order valence-electron chi connectivity index (χ2n) is 10.4. The van der Waals surface area contributed by atoms with E-state index >= 15 is 0 Å². The fourth-order valence-corrected chi connectivity index (χ4v) is 4.86. The molecule has 1 heterocycles. The lowest BCUT2D eigenvalue weighted by atomic mass is 9.90. The molecule has 8 nitrogen and oxygen atoms in total. The Labute approximate surface area is 235 Å². The molecule has 3 aromatic rings. The van der Waals surface area contributed by atoms with E-state index < -0.39 is 24.3 Å². The van der Waals surface area contributed by atoms with Gasteiger partial charge in [-0.3, -0.25) is 14.5 Å². The summed E-state index contributed by atoms with van der Waals surface area (Å²) in [4.78, 5) is 25.7. The third-order valence-corrected chi connectivity index (χ3v) is 7.07. The van der Waals surface area contributed by atoms with Crippen molar-refractivity contribution in [1.29, 1.82) is 0 Å². The van der Waals surface area contributed by atoms with E-state index in [1.165, 1.54) is 19.4 Å². The predicted molar refractivity (Wildman–Crippen MR) is 152 cm³/mol. The number of amides is 1. The van der Waals surface area contributed by atoms with Crippen molar-refractivity contribution >= 4 is 17.6 Å². The Kier molecular flexibility index (Phi) is 10.1. The predicted octanol–water partition coefficient (Wildman–Crippen LogP) is 4.99. The van der Waals surface area contributed by atoms with Crippen LogP contribution in [0.25, 0.3) is 0 Å². The Morgan fingerprint density at radius 2 is 1.60 bits per heavy atom. The number of hydrogen-bond acceptors (Lipinski definition) is 7. The highest BCUT2D eigenvalue weighted by atomic mass is 16.7. The number of rotatable bonds is 10. The number of likely N-dealkylation sites (N-methyl/N-ethyl adjacent to an activating group) is 1. The molecule has 4 rings (SSSR count). The molecule has 0 bridgehead atoms. The van der Waals surface area contributed by atoms with Crippen LogP contribution in [0.15, 0.2) is 78.9 Å². The normalized spacial score (nSPS) is 21.6. The van der Waals surface area contributed by atoms with Crippen molar-refractivity contribution in [3.8, 4) is 0 Å². The van der Waals surface area contributed by atoms with Crippen molar-refractivity contribution in [3.63, 3.8) is 0 Å². The first kappa shape index (κ1) is 29.4. The number of anilines is 1. The first-order valence-corrected chi connectivity index (χ1v) is 13.5. The van der Waals surface area contributed by atoms with Gasteiger partial charge < -0.3 is 24.6 Å². The maximum absolute atomic E-state index is 12.3. The number of benzene rings is 3. The molecule has 3 aromatic carbocycles. The van der Waals surface area contributed by atoms with E-state index in [1.807, 2.05) is 54.6 Å². The van der Waals surface area contributed by atoms with Gasteiger partial charge in [-0.2, -0.15) is 0 Å². The Morgan fingerprint density at radius 1 is 0.950 bits per heavy atom. The zero-order valence-electron chi connectivity index (χ0n) is 23.4. The van der Waals surface area contributed by atoms with Gasteiger partial charge in [-0.25, -0.2) is 0 Å². The summed E-state index contributed by atoms with van der Waals surface area (Å²) in [5.41, 5.74) is 4.51. The first-order chi connectivity index (χ1) is 19.2. The fourth-order valence-electron chi connectivity index (χ4n) is 4.86. The average molecular weight is 547 g/mol. The smallest absolute Gasteiger partial charge is 0.303 e. The third-order valence-electron chi connectivity index (χ3n) is 7.07. The van der Waals surface area contributed by atoms with Gasteiger partial charge in [0, 0.05) is 37.2 Å². The summed E-state index contributed by atoms with van der Waals surface area (Å²) in [5, 5.41) is 12.2. The largest absolute Gasteiger partial charge is 0.453 e. The van der Waals surface area contributed by atoms with Gasteiger partial charge in [-0.1, -0.05) is 73.7 Å². The second kappa shape index (κ2) is 13.7. The molecule has 1 amide bonds. The summed E-state index contributed by atoms with van der Waals surface area (Å²) >= 11 is 0. The second-order valence-corrected chi connectivity index (χ2v) is 10.4. The first-order valence-electron chi connectivity index (χ1n) is 13.5. The molecule has 0 spiro atoms. The van der Waals surface area contributed by atoms with Crippen molar-refractivity contribution < 1.29 is 28.9 Å². The van der Waals surface area contributed by atoms with Gasteiger partial charge in [-0.05, 0) is 42.8 Å². The summed E-state index contributed by atoms with van der Waals surface area (Å²) in [6.07, 6.45) is -1.83. The molecule has 5 atom stereocenters. The van der Waals surface area contributed by atoms with Crippen molar-refractivity contribution in [3.05, 3.63) is 101 Å². The minimum absolute atomic E-state index is 0.0114. The minimum Gasteiger partial charge on any atom is -0.453 e. The molecule has 0 aliphatic carbocycles. The molecule has 2 N–H and O–H groups in total. The molecule has 40 heavy (non-hydrogen) atoms. The van der Waals surface area contributed by atoms with Gasteiger partial charge in [0.15, 0.2) is 12.4 Å². The molecule has 0 unspecified atom stereocenters. The number of aliphatic hydroxyl groups excluding tert-OH is 1. The summed E-state index contributed by atoms with van der Waals surface area (Å²) in [5.74, 6) is -0.853. The summed E-state index contributed by atoms with van der Waals surface area (Å²) < 4.78 is 18.0. The number of nitrogens with zero attached hydrogens (tertiary/aromatic N) is 1. The summed E-state index contributed by atoms with van der Waals surface area (Å²) in [6.45, 7) is 6.44. The quantitative estimate of drug-likeness (QED) is 0.346. The van der Waals surface area contributed by atoms with Crippen LogP contribution < -0.4 is 5.32 Å². The minimum atomic E-state index is -0.893. The lowest BCUT2D eigenvalue weighted by Crippen LogP contribution is -2.43. The van der Waals surface area contributed by atoms with Gasteiger partial charge in [0.2, 0.25) is 0 Å². The molecule has 1 saturated heterocycles. The summed E-state index contributed by atoms with van der Waals surface area (Å²) in [7, 11) is 2.09. The van der Waals surface area contributed by atoms with E-state index in [1.54, 1.807) is 12.1 Å². The Morgan fingerprint density at radius 3 is 2.23 bits per heavy atom. The van der Waals surface area contributed by atoms with Gasteiger partial charge in [0.1, 0.15) is 0 Å². The van der Waals surface area contributed by atoms with E-state index in [2.05, 4.69) is 36.3 Å². The van der Waals surface area contributed by atoms with Crippen LogP contribution in [0.1, 0.15) is 55.4 Å². The van der Waals surface area contributed by atoms with Crippen molar-refractivity contribution in [2.24, 2.45) is 5.92 Å². The van der Waals surface area contributed by atoms with Crippen LogP contribution in [-0.4, -0.2) is 47.7 Å². The van der Waals surface area contributed by atoms with Gasteiger partial charge in [-0.15, -0.1) is 0 Å². The number of carbonyl (C=O) groups is 2. The molecule has 1 fully saturated rings. The Hall–Kier alpha value is -3.56. The van der Waals surface area contributed by atoms with Crippen LogP contribution in [-0.2, 0) is 37.0 Å². The monoisotopic (exact) mass is 546 g/mol. The molecule has 0 aromatic heterocycles. The molecule has 0 radical (unpaired) electrons. The highest BCUT2D eigenvalue weighted by Gasteiger charge is 2.38. The number of carbonyl (C=O) groups excluding carboxylic acids is 2. The van der Waals surface area contributed by atoms with Crippen molar-refractivity contribution in [1.82, 2.24) is 4.90 Å². The molecule has 8 heteroatoms. The molecule has 1 aliphatic rings. The number of hydrogen-bond donors (Lipinski definition) is 2. The zero-order valence-corrected chi connectivity index (χ0v) is 23.4. The van der Waals surface area contributed by atoms with E-state index in [9.17, 15) is 14.7 Å². The third kappa shape index (κ3) is 7.76. The van der Waals surface area contributed by atoms with E-state index in [4.69, 9.17) is 14.2 Å². The highest BCUT2D eigenvalue weighted by molar-refractivity contribution is 5.94. The molecular weight excluding hydrogens is 508 g/mol. The summed E-state index contributed by atoms with van der Waals surface area (Å²) in [6, 6.07) is 25.5. The maximum Gasteiger partial charge on any atom is 0.303 e. The van der Waals surface area contributed by atoms with Crippen molar-refractivity contribution in [2.75, 3.05) is 18.9 Å². The van der Waals surface area contributed by atoms with E-state index in [0.717, 1.165) is 23.2 Å². The molecular formula is C32H38N2O6. The van der Waals surface area contributed by atoms with Crippen LogP contribution in [0, 0.1) is 5.92 Å². The SMILES string of the molecule is CC(=O)O[C@@H](C)C(=O)Nc1ccc([C@H]2O[C@@H](CN(C)Cc3ccccc3)[C@@H](C)[C@@H](c3ccc(CO)cc3)O2)cc1. The van der Waals surface area contributed by atoms with Gasteiger partial charge in [0.05, 0.1) is 18.8 Å². The van der Waals surface area contributed by atoms with Crippen LogP contribution in [0.3, 0.4) is 0 Å². The maximum atomic E-state index is 12.3. The van der Waals surface area contributed by atoms with Gasteiger partial charge >= 0.3 is 5.97 Å². The lowest BCUT2D eigenvalue weighted by molar-refractivity contribution is -0.276. The molecule has 212 valence electrons.